The van der Waals surface area contributed by atoms with Crippen LogP contribution >= 0.6 is 23.5 Å². The molecule has 0 bridgehead atoms. The molecule has 2 fully saturated rings. The summed E-state index contributed by atoms with van der Waals surface area (Å²) in [4.78, 5) is 12.6. The molecular formula is C16H16OS2. The van der Waals surface area contributed by atoms with Crippen LogP contribution < -0.4 is 0 Å². The minimum atomic E-state index is 0.284. The summed E-state index contributed by atoms with van der Waals surface area (Å²) in [6.45, 7) is 0. The largest absolute Gasteiger partial charge is 0.289 e. The van der Waals surface area contributed by atoms with E-state index >= 15 is 0 Å². The van der Waals surface area contributed by atoms with Gasteiger partial charge in [-0.05, 0) is 30.9 Å². The van der Waals surface area contributed by atoms with Crippen molar-refractivity contribution in [1.82, 2.24) is 0 Å². The maximum Gasteiger partial charge on any atom is 0.186 e. The third kappa shape index (κ3) is 2.98. The Balaban J connectivity index is 1.89. The predicted molar refractivity (Wildman–Crippen MR) is 85.2 cm³/mol. The first kappa shape index (κ1) is 13.1. The Morgan fingerprint density at radius 3 is 2.47 bits per heavy atom. The van der Waals surface area contributed by atoms with E-state index < -0.39 is 0 Å². The third-order valence-electron chi connectivity index (χ3n) is 3.38. The first-order valence-corrected chi connectivity index (χ1v) is 8.61. The lowest BCUT2D eigenvalue weighted by Crippen LogP contribution is -2.13. The van der Waals surface area contributed by atoms with Gasteiger partial charge in [0.2, 0.25) is 0 Å². The Hall–Kier alpha value is -0.930. The van der Waals surface area contributed by atoms with Crippen molar-refractivity contribution in [3.05, 3.63) is 51.3 Å². The van der Waals surface area contributed by atoms with Crippen molar-refractivity contribution in [2.45, 2.75) is 19.3 Å². The molecule has 1 heterocycles. The number of hydrogen-bond acceptors (Lipinski definition) is 3. The minimum Gasteiger partial charge on any atom is -0.289 e. The molecule has 0 N–H and O–H groups in total. The molecule has 1 aliphatic carbocycles. The van der Waals surface area contributed by atoms with Gasteiger partial charge in [-0.15, -0.1) is 23.5 Å². The molecule has 19 heavy (non-hydrogen) atoms. The smallest absolute Gasteiger partial charge is 0.186 e. The lowest BCUT2D eigenvalue weighted by molar-refractivity contribution is -0.112. The van der Waals surface area contributed by atoms with Crippen LogP contribution in [0.1, 0.15) is 24.8 Å². The fourth-order valence-corrected chi connectivity index (χ4v) is 5.05. The molecule has 1 aromatic carbocycles. The van der Waals surface area contributed by atoms with Crippen molar-refractivity contribution >= 4 is 35.4 Å². The summed E-state index contributed by atoms with van der Waals surface area (Å²) < 4.78 is 1.28. The molecule has 98 valence electrons. The number of hydrogen-bond donors (Lipinski definition) is 0. The fourth-order valence-electron chi connectivity index (χ4n) is 2.44. The van der Waals surface area contributed by atoms with E-state index in [1.807, 2.05) is 41.7 Å². The van der Waals surface area contributed by atoms with E-state index in [0.29, 0.717) is 0 Å². The second-order valence-corrected chi connectivity index (χ2v) is 7.19. The van der Waals surface area contributed by atoms with Crippen LogP contribution in [0, 0.1) is 0 Å². The van der Waals surface area contributed by atoms with Gasteiger partial charge in [0.05, 0.1) is 0 Å². The highest BCUT2D eigenvalue weighted by Gasteiger charge is 2.25. The van der Waals surface area contributed by atoms with Crippen LogP contribution in [-0.4, -0.2) is 17.3 Å². The van der Waals surface area contributed by atoms with Gasteiger partial charge in [0.25, 0.3) is 0 Å². The van der Waals surface area contributed by atoms with E-state index in [2.05, 4.69) is 18.2 Å². The summed E-state index contributed by atoms with van der Waals surface area (Å²) in [6.07, 6.45) is 5.04. The van der Waals surface area contributed by atoms with Crippen LogP contribution in [0.15, 0.2) is 45.7 Å². The van der Waals surface area contributed by atoms with Crippen LogP contribution in [0.2, 0.25) is 0 Å². The molecule has 1 saturated carbocycles. The molecule has 0 amide bonds. The maximum atomic E-state index is 12.6. The molecule has 1 nitrogen and oxygen atoms in total. The van der Waals surface area contributed by atoms with Gasteiger partial charge < -0.3 is 0 Å². The van der Waals surface area contributed by atoms with Gasteiger partial charge in [0, 0.05) is 26.9 Å². The molecular weight excluding hydrogens is 272 g/mol. The molecule has 2 aliphatic rings. The van der Waals surface area contributed by atoms with Crippen LogP contribution in [0.4, 0.5) is 0 Å². The molecule has 1 aliphatic heterocycles. The number of carbonyl (C=O) groups excluding carboxylic acids is 1. The zero-order chi connectivity index (χ0) is 13.1. The first-order valence-electron chi connectivity index (χ1n) is 6.63. The molecule has 3 heteroatoms. The van der Waals surface area contributed by atoms with Gasteiger partial charge in [-0.3, -0.25) is 4.79 Å². The molecule has 1 aromatic rings. The van der Waals surface area contributed by atoms with Gasteiger partial charge in [0.1, 0.15) is 0 Å². The standard InChI is InChI=1S/C16H16OS2/c17-15-13(11-12-5-2-1-3-6-12)7-4-8-14(15)16-18-9-10-19-16/h1-3,5-6,11H,4,7-10H2. The van der Waals surface area contributed by atoms with E-state index in [-0.39, 0.29) is 5.78 Å². The highest BCUT2D eigenvalue weighted by Crippen LogP contribution is 2.42. The summed E-state index contributed by atoms with van der Waals surface area (Å²) in [7, 11) is 0. The van der Waals surface area contributed by atoms with E-state index in [9.17, 15) is 4.79 Å². The number of benzene rings is 1. The third-order valence-corrected chi connectivity index (χ3v) is 6.17. The quantitative estimate of drug-likeness (QED) is 0.708. The highest BCUT2D eigenvalue weighted by molar-refractivity contribution is 8.25. The summed E-state index contributed by atoms with van der Waals surface area (Å²) >= 11 is 3.71. The molecule has 3 rings (SSSR count). The van der Waals surface area contributed by atoms with Crippen molar-refractivity contribution in [2.75, 3.05) is 11.5 Å². The summed E-state index contributed by atoms with van der Waals surface area (Å²) in [5, 5.41) is 0. The van der Waals surface area contributed by atoms with E-state index in [1.165, 1.54) is 4.24 Å². The SMILES string of the molecule is O=C1C(=Cc2ccccc2)CCCC1=C1SCCS1. The highest BCUT2D eigenvalue weighted by atomic mass is 32.2. The Morgan fingerprint density at radius 1 is 1.00 bits per heavy atom. The average molecular weight is 288 g/mol. The normalized spacial score (nSPS) is 22.3. The Bertz CT molecular complexity index is 535. The minimum absolute atomic E-state index is 0.284. The summed E-state index contributed by atoms with van der Waals surface area (Å²) in [5.74, 6) is 2.58. The van der Waals surface area contributed by atoms with Gasteiger partial charge in [-0.25, -0.2) is 0 Å². The fraction of sp³-hybridized carbons (Fsp3) is 0.312. The number of ketones is 1. The zero-order valence-corrected chi connectivity index (χ0v) is 12.4. The Morgan fingerprint density at radius 2 is 1.74 bits per heavy atom. The monoisotopic (exact) mass is 288 g/mol. The predicted octanol–water partition coefficient (Wildman–Crippen LogP) is 4.51. The van der Waals surface area contributed by atoms with E-state index in [0.717, 1.165) is 47.5 Å². The number of rotatable bonds is 1. The van der Waals surface area contributed by atoms with Crippen molar-refractivity contribution < 1.29 is 4.79 Å². The zero-order valence-electron chi connectivity index (χ0n) is 10.7. The first-order chi connectivity index (χ1) is 9.34. The van der Waals surface area contributed by atoms with Crippen LogP contribution in [0.25, 0.3) is 6.08 Å². The van der Waals surface area contributed by atoms with Crippen LogP contribution in [0.5, 0.6) is 0 Å². The topological polar surface area (TPSA) is 17.1 Å². The number of thioether (sulfide) groups is 2. The van der Waals surface area contributed by atoms with Gasteiger partial charge in [-0.2, -0.15) is 0 Å². The van der Waals surface area contributed by atoms with Crippen LogP contribution in [-0.2, 0) is 4.79 Å². The van der Waals surface area contributed by atoms with Gasteiger partial charge in [-0.1, -0.05) is 30.3 Å². The second kappa shape index (κ2) is 6.02. The lowest BCUT2D eigenvalue weighted by Gasteiger charge is -2.18. The maximum absolute atomic E-state index is 12.6. The van der Waals surface area contributed by atoms with Crippen molar-refractivity contribution in [2.24, 2.45) is 0 Å². The second-order valence-electron chi connectivity index (χ2n) is 4.73. The van der Waals surface area contributed by atoms with Crippen molar-refractivity contribution in [3.63, 3.8) is 0 Å². The van der Waals surface area contributed by atoms with Crippen molar-refractivity contribution in [3.8, 4) is 0 Å². The van der Waals surface area contributed by atoms with Crippen molar-refractivity contribution in [1.29, 1.82) is 0 Å². The lowest BCUT2D eigenvalue weighted by atomic mass is 9.89. The summed E-state index contributed by atoms with van der Waals surface area (Å²) in [5.41, 5.74) is 3.18. The Labute approximate surface area is 122 Å². The van der Waals surface area contributed by atoms with E-state index in [1.54, 1.807) is 0 Å². The van der Waals surface area contributed by atoms with Gasteiger partial charge in [0.15, 0.2) is 5.78 Å². The number of carbonyl (C=O) groups is 1. The molecule has 0 radical (unpaired) electrons. The number of Topliss-reactive ketones (excluding diaryl/α,β-unsaturated/α-hetero) is 1. The summed E-state index contributed by atoms with van der Waals surface area (Å²) in [6, 6.07) is 10.1. The number of allylic oxidation sites excluding steroid dienone is 2. The van der Waals surface area contributed by atoms with E-state index in [4.69, 9.17) is 0 Å². The molecule has 0 aromatic heterocycles. The molecule has 0 atom stereocenters. The van der Waals surface area contributed by atoms with Gasteiger partial charge >= 0.3 is 0 Å². The Kier molecular flexibility index (Phi) is 4.14. The van der Waals surface area contributed by atoms with Crippen LogP contribution in [0.3, 0.4) is 0 Å². The molecule has 0 spiro atoms. The molecule has 1 saturated heterocycles. The average Bonchev–Trinajstić information content (AvgIpc) is 2.96. The molecule has 0 unspecified atom stereocenters.